The zero-order valence-corrected chi connectivity index (χ0v) is 23.8. The fourth-order valence-electron chi connectivity index (χ4n) is 4.59. The van der Waals surface area contributed by atoms with Crippen molar-refractivity contribution in [2.45, 2.75) is 119 Å². The first-order chi connectivity index (χ1) is 16.1. The standard InChI is InChI=1S/C30H48N2O3/c1-11-30(19-16-22(4)29(8,9)10)31-20-26(33)32(30)25(17-18-28(5,6)7)23-12-14-24(15-13-23)27(34)35-21(2)3/h12-15,20-22,25H,11,16-19H2,1-10H3/t22?,25-,30?/m1/s1. The van der Waals surface area contributed by atoms with Gasteiger partial charge in [-0.1, -0.05) is 67.5 Å². The molecule has 0 N–H and O–H groups in total. The minimum absolute atomic E-state index is 0.0162. The number of nitrogens with zero attached hydrogens (tertiary/aromatic N) is 2. The van der Waals surface area contributed by atoms with Gasteiger partial charge in [0.05, 0.1) is 23.9 Å². The average Bonchev–Trinajstić information content (AvgIpc) is 3.07. The summed E-state index contributed by atoms with van der Waals surface area (Å²) in [7, 11) is 0. The fourth-order valence-corrected chi connectivity index (χ4v) is 4.59. The van der Waals surface area contributed by atoms with E-state index < -0.39 is 5.66 Å². The van der Waals surface area contributed by atoms with E-state index in [0.717, 1.165) is 37.7 Å². The smallest absolute Gasteiger partial charge is 0.338 e. The molecule has 2 unspecified atom stereocenters. The molecule has 0 saturated heterocycles. The summed E-state index contributed by atoms with van der Waals surface area (Å²) in [5.41, 5.74) is 1.38. The van der Waals surface area contributed by atoms with Crippen LogP contribution in [0.2, 0.25) is 0 Å². The van der Waals surface area contributed by atoms with Crippen LogP contribution in [0.3, 0.4) is 0 Å². The average molecular weight is 485 g/mol. The predicted octanol–water partition coefficient (Wildman–Crippen LogP) is 7.60. The molecule has 1 amide bonds. The lowest BCUT2D eigenvalue weighted by Gasteiger charge is -2.43. The molecular formula is C30H48N2O3. The van der Waals surface area contributed by atoms with Crippen molar-refractivity contribution >= 4 is 18.1 Å². The van der Waals surface area contributed by atoms with Crippen LogP contribution in [0.1, 0.15) is 123 Å². The number of carbonyl (C=O) groups excluding carboxylic acids is 2. The second-order valence-electron chi connectivity index (χ2n) is 12.8. The Morgan fingerprint density at radius 3 is 2.11 bits per heavy atom. The van der Waals surface area contributed by atoms with Crippen LogP contribution in [-0.4, -0.2) is 34.8 Å². The maximum atomic E-state index is 13.3. The molecule has 0 radical (unpaired) electrons. The molecule has 2 rings (SSSR count). The Balaban J connectivity index is 2.42. The van der Waals surface area contributed by atoms with Gasteiger partial charge in [0.15, 0.2) is 0 Å². The Hall–Kier alpha value is -2.17. The van der Waals surface area contributed by atoms with Gasteiger partial charge in [-0.05, 0) is 80.4 Å². The van der Waals surface area contributed by atoms with Crippen LogP contribution in [0.4, 0.5) is 0 Å². The quantitative estimate of drug-likeness (QED) is 0.321. The first-order valence-corrected chi connectivity index (χ1v) is 13.3. The highest BCUT2D eigenvalue weighted by Crippen LogP contribution is 2.43. The van der Waals surface area contributed by atoms with Crippen LogP contribution >= 0.6 is 0 Å². The molecule has 1 aromatic rings. The monoisotopic (exact) mass is 484 g/mol. The number of amides is 1. The predicted molar refractivity (Wildman–Crippen MR) is 145 cm³/mol. The van der Waals surface area contributed by atoms with Crippen LogP contribution in [-0.2, 0) is 9.53 Å². The van der Waals surface area contributed by atoms with Gasteiger partial charge in [0.2, 0.25) is 0 Å². The Kier molecular flexibility index (Phi) is 9.35. The van der Waals surface area contributed by atoms with E-state index in [-0.39, 0.29) is 34.9 Å². The van der Waals surface area contributed by atoms with Crippen LogP contribution in [0.15, 0.2) is 29.3 Å². The van der Waals surface area contributed by atoms with Gasteiger partial charge in [-0.25, -0.2) is 4.79 Å². The molecule has 0 aliphatic carbocycles. The minimum Gasteiger partial charge on any atom is -0.459 e. The van der Waals surface area contributed by atoms with E-state index in [2.05, 4.69) is 55.4 Å². The highest BCUT2D eigenvalue weighted by atomic mass is 16.5. The lowest BCUT2D eigenvalue weighted by Crippen LogP contribution is -2.48. The number of esters is 1. The van der Waals surface area contributed by atoms with E-state index in [9.17, 15) is 9.59 Å². The van der Waals surface area contributed by atoms with E-state index in [4.69, 9.17) is 9.73 Å². The highest BCUT2D eigenvalue weighted by molar-refractivity contribution is 6.28. The number of hydrogen-bond acceptors (Lipinski definition) is 4. The summed E-state index contributed by atoms with van der Waals surface area (Å²) in [6, 6.07) is 7.49. The number of carbonyl (C=O) groups is 2. The maximum Gasteiger partial charge on any atom is 0.338 e. The maximum absolute atomic E-state index is 13.3. The number of ether oxygens (including phenoxy) is 1. The summed E-state index contributed by atoms with van der Waals surface area (Å²) in [6.07, 6.45) is 5.80. The van der Waals surface area contributed by atoms with E-state index in [1.54, 1.807) is 0 Å². The zero-order chi connectivity index (χ0) is 26.6. The summed E-state index contributed by atoms with van der Waals surface area (Å²) in [6.45, 7) is 21.6. The molecule has 196 valence electrons. The third kappa shape index (κ3) is 7.65. The molecule has 5 nitrogen and oxygen atoms in total. The van der Waals surface area contributed by atoms with Crippen LogP contribution in [0, 0.1) is 16.7 Å². The van der Waals surface area contributed by atoms with Gasteiger partial charge >= 0.3 is 5.97 Å². The van der Waals surface area contributed by atoms with Crippen molar-refractivity contribution in [2.75, 3.05) is 0 Å². The molecule has 0 spiro atoms. The number of aliphatic imine (C=N–C) groups is 1. The van der Waals surface area contributed by atoms with Crippen molar-refractivity contribution < 1.29 is 14.3 Å². The van der Waals surface area contributed by atoms with Crippen molar-refractivity contribution in [3.05, 3.63) is 35.4 Å². The van der Waals surface area contributed by atoms with Gasteiger partial charge in [-0.15, -0.1) is 0 Å². The molecule has 0 saturated carbocycles. The number of benzene rings is 1. The Labute approximate surface area is 213 Å². The molecule has 35 heavy (non-hydrogen) atoms. The van der Waals surface area contributed by atoms with Gasteiger partial charge in [0, 0.05) is 0 Å². The molecular weight excluding hydrogens is 436 g/mol. The SMILES string of the molecule is CCC1(CCC(C)C(C)(C)C)N=CC(=O)N1[C@H](CCC(C)(C)C)c1ccc(C(=O)OC(C)C)cc1. The van der Waals surface area contributed by atoms with Crippen molar-refractivity contribution in [3.63, 3.8) is 0 Å². The second kappa shape index (κ2) is 11.3. The molecule has 3 atom stereocenters. The summed E-state index contributed by atoms with van der Waals surface area (Å²) >= 11 is 0. The Morgan fingerprint density at radius 1 is 1.03 bits per heavy atom. The third-order valence-corrected chi connectivity index (χ3v) is 7.48. The van der Waals surface area contributed by atoms with Crippen LogP contribution < -0.4 is 0 Å². The largest absolute Gasteiger partial charge is 0.459 e. The van der Waals surface area contributed by atoms with Gasteiger partial charge in [0.25, 0.3) is 5.91 Å². The minimum atomic E-state index is -0.533. The normalized spacial score (nSPS) is 20.4. The Bertz CT molecular complexity index is 890. The molecule has 1 aromatic carbocycles. The van der Waals surface area contributed by atoms with Crippen molar-refractivity contribution in [1.29, 1.82) is 0 Å². The zero-order valence-electron chi connectivity index (χ0n) is 23.8. The summed E-state index contributed by atoms with van der Waals surface area (Å²) in [4.78, 5) is 32.6. The van der Waals surface area contributed by atoms with Crippen molar-refractivity contribution in [2.24, 2.45) is 21.7 Å². The van der Waals surface area contributed by atoms with Gasteiger partial charge in [-0.3, -0.25) is 9.79 Å². The highest BCUT2D eigenvalue weighted by Gasteiger charge is 2.46. The number of hydrogen-bond donors (Lipinski definition) is 0. The van der Waals surface area contributed by atoms with Gasteiger partial charge in [0.1, 0.15) is 5.66 Å². The van der Waals surface area contributed by atoms with E-state index in [0.29, 0.717) is 11.5 Å². The lowest BCUT2D eigenvalue weighted by atomic mass is 9.77. The molecule has 0 aromatic heterocycles. The van der Waals surface area contributed by atoms with Gasteiger partial charge in [-0.2, -0.15) is 0 Å². The fraction of sp³-hybridized carbons (Fsp3) is 0.700. The van der Waals surface area contributed by atoms with E-state index in [1.807, 2.05) is 43.0 Å². The first kappa shape index (κ1) is 29.1. The van der Waals surface area contributed by atoms with Gasteiger partial charge < -0.3 is 9.64 Å². The van der Waals surface area contributed by atoms with E-state index in [1.165, 1.54) is 6.21 Å². The molecule has 1 heterocycles. The van der Waals surface area contributed by atoms with Crippen LogP contribution in [0.25, 0.3) is 0 Å². The summed E-state index contributed by atoms with van der Waals surface area (Å²) in [5.74, 6) is 0.174. The third-order valence-electron chi connectivity index (χ3n) is 7.48. The lowest BCUT2D eigenvalue weighted by molar-refractivity contribution is -0.132. The van der Waals surface area contributed by atoms with Crippen molar-refractivity contribution in [3.8, 4) is 0 Å². The molecule has 0 bridgehead atoms. The number of rotatable bonds is 10. The Morgan fingerprint density at radius 2 is 1.63 bits per heavy atom. The topological polar surface area (TPSA) is 59.0 Å². The molecule has 1 aliphatic heterocycles. The summed E-state index contributed by atoms with van der Waals surface area (Å²) < 4.78 is 5.35. The summed E-state index contributed by atoms with van der Waals surface area (Å²) in [5, 5.41) is 0. The van der Waals surface area contributed by atoms with E-state index >= 15 is 0 Å². The van der Waals surface area contributed by atoms with Crippen molar-refractivity contribution in [1.82, 2.24) is 4.90 Å². The molecule has 1 aliphatic rings. The van der Waals surface area contributed by atoms with Crippen LogP contribution in [0.5, 0.6) is 0 Å². The molecule has 5 heteroatoms. The first-order valence-electron chi connectivity index (χ1n) is 13.3. The molecule has 0 fully saturated rings. The second-order valence-corrected chi connectivity index (χ2v) is 12.8.